The lowest BCUT2D eigenvalue weighted by Crippen LogP contribution is -2.43. The van der Waals surface area contributed by atoms with Gasteiger partial charge in [-0.25, -0.2) is 4.39 Å². The fraction of sp³-hybridized carbons (Fsp3) is 0.478. The Morgan fingerprint density at radius 3 is 2.53 bits per heavy atom. The molecule has 2 unspecified atom stereocenters. The zero-order chi connectivity index (χ0) is 22.1. The van der Waals surface area contributed by atoms with Crippen LogP contribution in [0.25, 0.3) is 0 Å². The van der Waals surface area contributed by atoms with Crippen molar-refractivity contribution in [1.82, 2.24) is 15.5 Å². The van der Waals surface area contributed by atoms with Crippen LogP contribution in [0.15, 0.2) is 52.1 Å². The number of nitrogens with zero attached hydrogens (tertiary/aromatic N) is 2. The highest BCUT2D eigenvalue weighted by atomic mass is 127. The predicted molar refractivity (Wildman–Crippen MR) is 134 cm³/mol. The molecule has 4 N–H and O–H groups in total. The van der Waals surface area contributed by atoms with Gasteiger partial charge >= 0.3 is 0 Å². The first-order chi connectivity index (χ1) is 15.1. The lowest BCUT2D eigenvalue weighted by Gasteiger charge is -2.26. The summed E-state index contributed by atoms with van der Waals surface area (Å²) in [6, 6.07) is 10.1. The number of carbonyl (C=O) groups excluding carboxylic acids is 1. The van der Waals surface area contributed by atoms with Gasteiger partial charge in [-0.05, 0) is 69.1 Å². The number of furan rings is 1. The van der Waals surface area contributed by atoms with E-state index in [1.807, 2.05) is 19.1 Å². The van der Waals surface area contributed by atoms with Gasteiger partial charge in [0.25, 0.3) is 0 Å². The average molecular weight is 557 g/mol. The maximum atomic E-state index is 13.1. The topological polar surface area (TPSA) is 95.9 Å². The number of hydrogen-bond acceptors (Lipinski definition) is 4. The molecular weight excluding hydrogens is 524 g/mol. The van der Waals surface area contributed by atoms with Gasteiger partial charge in [-0.2, -0.15) is 0 Å². The van der Waals surface area contributed by atoms with Crippen molar-refractivity contribution in [2.45, 2.75) is 32.2 Å². The van der Waals surface area contributed by atoms with Crippen molar-refractivity contribution in [1.29, 1.82) is 0 Å². The Morgan fingerprint density at radius 2 is 1.94 bits per heavy atom. The molecule has 1 fully saturated rings. The van der Waals surface area contributed by atoms with E-state index in [0.29, 0.717) is 25.5 Å². The smallest absolute Gasteiger partial charge is 0.222 e. The van der Waals surface area contributed by atoms with E-state index in [1.165, 1.54) is 25.0 Å². The SMILES string of the molecule is CCNC(=NCC(Cc1ccc(F)cc1)C(N)=O)NCC(c1ccco1)N1CCCC1.I. The molecule has 2 aromatic rings. The summed E-state index contributed by atoms with van der Waals surface area (Å²) in [7, 11) is 0. The second kappa shape index (κ2) is 13.4. The molecule has 1 aromatic carbocycles. The van der Waals surface area contributed by atoms with Gasteiger partial charge in [0.05, 0.1) is 24.8 Å². The maximum absolute atomic E-state index is 13.1. The number of primary amides is 1. The molecule has 0 saturated carbocycles. The molecule has 1 aliphatic rings. The van der Waals surface area contributed by atoms with E-state index in [0.717, 1.165) is 24.4 Å². The molecule has 0 radical (unpaired) electrons. The molecule has 0 aliphatic carbocycles. The number of benzene rings is 1. The van der Waals surface area contributed by atoms with E-state index < -0.39 is 11.8 Å². The van der Waals surface area contributed by atoms with Crippen molar-refractivity contribution in [3.05, 3.63) is 59.8 Å². The molecule has 0 bridgehead atoms. The number of amides is 1. The Bertz CT molecular complexity index is 839. The highest BCUT2D eigenvalue weighted by Gasteiger charge is 2.25. The number of halogens is 2. The number of nitrogens with two attached hydrogens (primary N) is 1. The van der Waals surface area contributed by atoms with Gasteiger partial charge in [-0.1, -0.05) is 12.1 Å². The zero-order valence-electron chi connectivity index (χ0n) is 18.4. The van der Waals surface area contributed by atoms with Gasteiger partial charge in [-0.3, -0.25) is 14.7 Å². The Hall–Kier alpha value is -2.14. The summed E-state index contributed by atoms with van der Waals surface area (Å²) in [5, 5.41) is 6.61. The van der Waals surface area contributed by atoms with Gasteiger partial charge in [-0.15, -0.1) is 24.0 Å². The van der Waals surface area contributed by atoms with Crippen LogP contribution in [0.2, 0.25) is 0 Å². The van der Waals surface area contributed by atoms with Crippen LogP contribution < -0.4 is 16.4 Å². The van der Waals surface area contributed by atoms with Crippen LogP contribution >= 0.6 is 24.0 Å². The molecule has 1 saturated heterocycles. The van der Waals surface area contributed by atoms with Crippen LogP contribution in [0.4, 0.5) is 4.39 Å². The van der Waals surface area contributed by atoms with E-state index in [1.54, 1.807) is 18.4 Å². The minimum Gasteiger partial charge on any atom is -0.468 e. The van der Waals surface area contributed by atoms with E-state index >= 15 is 0 Å². The fourth-order valence-corrected chi connectivity index (χ4v) is 3.84. The molecule has 176 valence electrons. The van der Waals surface area contributed by atoms with Crippen molar-refractivity contribution in [3.63, 3.8) is 0 Å². The quantitative estimate of drug-likeness (QED) is 0.237. The summed E-state index contributed by atoms with van der Waals surface area (Å²) in [5.74, 6) is 0.357. The summed E-state index contributed by atoms with van der Waals surface area (Å²) in [6.45, 7) is 5.66. The highest BCUT2D eigenvalue weighted by Crippen LogP contribution is 2.24. The van der Waals surface area contributed by atoms with Gasteiger partial charge < -0.3 is 20.8 Å². The van der Waals surface area contributed by atoms with Crippen LogP contribution in [0.5, 0.6) is 0 Å². The normalized spacial score (nSPS) is 16.2. The average Bonchev–Trinajstić information content (AvgIpc) is 3.47. The summed E-state index contributed by atoms with van der Waals surface area (Å²) in [6.07, 6.45) is 4.50. The first-order valence-corrected chi connectivity index (χ1v) is 10.9. The molecule has 7 nitrogen and oxygen atoms in total. The van der Waals surface area contributed by atoms with Gasteiger partial charge in [0, 0.05) is 13.1 Å². The van der Waals surface area contributed by atoms with Crippen LogP contribution in [-0.2, 0) is 11.2 Å². The summed E-state index contributed by atoms with van der Waals surface area (Å²) < 4.78 is 18.8. The third-order valence-electron chi connectivity index (χ3n) is 5.53. The van der Waals surface area contributed by atoms with Crippen molar-refractivity contribution in [2.24, 2.45) is 16.6 Å². The van der Waals surface area contributed by atoms with Crippen molar-refractivity contribution in [3.8, 4) is 0 Å². The maximum Gasteiger partial charge on any atom is 0.222 e. The van der Waals surface area contributed by atoms with Gasteiger partial charge in [0.15, 0.2) is 5.96 Å². The van der Waals surface area contributed by atoms with Crippen LogP contribution in [0.3, 0.4) is 0 Å². The van der Waals surface area contributed by atoms with E-state index in [9.17, 15) is 9.18 Å². The molecular formula is C23H33FIN5O2. The number of likely N-dealkylation sites (tertiary alicyclic amines) is 1. The third-order valence-corrected chi connectivity index (χ3v) is 5.53. The van der Waals surface area contributed by atoms with Crippen LogP contribution in [-0.4, -0.2) is 49.5 Å². The van der Waals surface area contributed by atoms with Gasteiger partial charge in [0.2, 0.25) is 5.91 Å². The van der Waals surface area contributed by atoms with Crippen molar-refractivity contribution >= 4 is 35.8 Å². The molecule has 9 heteroatoms. The molecule has 2 heterocycles. The van der Waals surface area contributed by atoms with E-state index in [-0.39, 0.29) is 42.4 Å². The lowest BCUT2D eigenvalue weighted by atomic mass is 9.99. The second-order valence-electron chi connectivity index (χ2n) is 7.80. The largest absolute Gasteiger partial charge is 0.468 e. The van der Waals surface area contributed by atoms with Crippen LogP contribution in [0, 0.1) is 11.7 Å². The molecule has 1 amide bonds. The highest BCUT2D eigenvalue weighted by molar-refractivity contribution is 14.0. The number of rotatable bonds is 10. The van der Waals surface area contributed by atoms with Crippen molar-refractivity contribution in [2.75, 3.05) is 32.7 Å². The first kappa shape index (κ1) is 26.1. The number of carbonyl (C=O) groups is 1. The van der Waals surface area contributed by atoms with E-state index in [4.69, 9.17) is 10.2 Å². The fourth-order valence-electron chi connectivity index (χ4n) is 3.84. The third kappa shape index (κ3) is 7.77. The summed E-state index contributed by atoms with van der Waals surface area (Å²) in [4.78, 5) is 19.0. The summed E-state index contributed by atoms with van der Waals surface area (Å²) >= 11 is 0. The zero-order valence-corrected chi connectivity index (χ0v) is 20.8. The van der Waals surface area contributed by atoms with Crippen molar-refractivity contribution < 1.29 is 13.6 Å². The minimum atomic E-state index is -0.472. The first-order valence-electron chi connectivity index (χ1n) is 10.9. The number of nitrogens with one attached hydrogen (secondary N) is 2. The predicted octanol–water partition coefficient (Wildman–Crippen LogP) is 3.07. The number of aliphatic imine (C=N–C) groups is 1. The molecule has 0 spiro atoms. The number of hydrogen-bond donors (Lipinski definition) is 3. The lowest BCUT2D eigenvalue weighted by molar-refractivity contribution is -0.121. The van der Waals surface area contributed by atoms with E-state index in [2.05, 4.69) is 20.5 Å². The molecule has 1 aromatic heterocycles. The Labute approximate surface area is 206 Å². The van der Waals surface area contributed by atoms with Crippen LogP contribution in [0.1, 0.15) is 37.1 Å². The Kier molecular flexibility index (Phi) is 10.9. The number of guanidine groups is 1. The molecule has 3 rings (SSSR count). The Balaban J connectivity index is 0.00000363. The molecule has 2 atom stereocenters. The van der Waals surface area contributed by atoms with Gasteiger partial charge in [0.1, 0.15) is 11.6 Å². The standard InChI is InChI=1S/C23H32FN5O2.HI/c1-2-26-23(27-15-18(22(25)30)14-17-7-9-19(24)10-8-17)28-16-20(21-6-5-13-31-21)29-11-3-4-12-29;/h5-10,13,18,20H,2-4,11-12,14-16H2,1H3,(H2,25,30)(H2,26,27,28);1H. The molecule has 32 heavy (non-hydrogen) atoms. The second-order valence-corrected chi connectivity index (χ2v) is 7.80. The molecule has 1 aliphatic heterocycles. The monoisotopic (exact) mass is 557 g/mol. The minimum absolute atomic E-state index is 0. The Morgan fingerprint density at radius 1 is 1.22 bits per heavy atom. The summed E-state index contributed by atoms with van der Waals surface area (Å²) in [5.41, 5.74) is 6.45.